The minimum Gasteiger partial charge on any atom is -0.496 e. The van der Waals surface area contributed by atoms with Crippen molar-refractivity contribution in [2.45, 2.75) is 11.7 Å². The van der Waals surface area contributed by atoms with Crippen molar-refractivity contribution in [3.8, 4) is 17.0 Å². The van der Waals surface area contributed by atoms with Crippen LogP contribution in [-0.4, -0.2) is 49.6 Å². The number of methoxy groups -OCH3 is 1. The Bertz CT molecular complexity index is 959. The Morgan fingerprint density at radius 2 is 1.92 bits per heavy atom. The van der Waals surface area contributed by atoms with Crippen molar-refractivity contribution in [1.29, 1.82) is 0 Å². The smallest absolute Gasteiger partial charge is 0.273 e. The molecule has 7 nitrogen and oxygen atoms in total. The first kappa shape index (κ1) is 16.7. The number of hydrogen-bond donors (Lipinski definition) is 0. The number of benzene rings is 1. The SMILES string of the molecule is COc1cccc(Cl)c1-c1nc(S(C)(=O)=O)nc2c1CN(C)C2=O. The minimum absolute atomic E-state index is 0.0740. The molecule has 0 radical (unpaired) electrons. The molecule has 1 aromatic heterocycles. The lowest BCUT2D eigenvalue weighted by atomic mass is 10.0. The van der Waals surface area contributed by atoms with Crippen LogP contribution in [0.15, 0.2) is 23.4 Å². The molecule has 1 aliphatic heterocycles. The van der Waals surface area contributed by atoms with Crippen LogP contribution in [0.4, 0.5) is 0 Å². The Kier molecular flexibility index (Phi) is 3.97. The van der Waals surface area contributed by atoms with E-state index in [1.807, 2.05) is 0 Å². The van der Waals surface area contributed by atoms with Crippen molar-refractivity contribution in [3.05, 3.63) is 34.5 Å². The highest BCUT2D eigenvalue weighted by atomic mass is 35.5. The van der Waals surface area contributed by atoms with Gasteiger partial charge in [0.2, 0.25) is 15.0 Å². The van der Waals surface area contributed by atoms with Crippen LogP contribution in [0, 0.1) is 0 Å². The molecule has 0 aliphatic carbocycles. The summed E-state index contributed by atoms with van der Waals surface area (Å²) in [6, 6.07) is 5.05. The molecule has 0 saturated carbocycles. The molecule has 1 aliphatic rings. The number of amides is 1. The van der Waals surface area contributed by atoms with Crippen molar-refractivity contribution >= 4 is 27.3 Å². The summed E-state index contributed by atoms with van der Waals surface area (Å²) in [7, 11) is -0.619. The third-order valence-corrected chi connectivity index (χ3v) is 4.86. The average Bonchev–Trinajstić information content (AvgIpc) is 2.81. The lowest BCUT2D eigenvalue weighted by molar-refractivity contribution is 0.0811. The molecule has 2 aromatic rings. The van der Waals surface area contributed by atoms with Crippen LogP contribution in [0.25, 0.3) is 11.3 Å². The largest absolute Gasteiger partial charge is 0.496 e. The standard InChI is InChI=1S/C15H14ClN3O4S/c1-19-7-8-12(11-9(16)5-4-6-10(11)23-2)17-15(24(3,21)22)18-13(8)14(19)20/h4-6H,7H2,1-3H3. The second-order valence-electron chi connectivity index (χ2n) is 5.43. The lowest BCUT2D eigenvalue weighted by Gasteiger charge is -2.13. The number of fused-ring (bicyclic) bond motifs is 1. The van der Waals surface area contributed by atoms with E-state index >= 15 is 0 Å². The second-order valence-corrected chi connectivity index (χ2v) is 7.75. The molecule has 1 aromatic carbocycles. The molecule has 9 heteroatoms. The molecule has 1 amide bonds. The van der Waals surface area contributed by atoms with Crippen LogP contribution in [0.2, 0.25) is 5.02 Å². The second kappa shape index (κ2) is 5.71. The van der Waals surface area contributed by atoms with Crippen LogP contribution < -0.4 is 4.74 Å². The maximum atomic E-state index is 12.3. The van der Waals surface area contributed by atoms with Crippen LogP contribution in [0.3, 0.4) is 0 Å². The molecule has 0 saturated heterocycles. The van der Waals surface area contributed by atoms with Crippen LogP contribution in [0.1, 0.15) is 16.1 Å². The number of carbonyl (C=O) groups excluding carboxylic acids is 1. The summed E-state index contributed by atoms with van der Waals surface area (Å²) < 4.78 is 29.2. The van der Waals surface area contributed by atoms with Crippen molar-refractivity contribution < 1.29 is 17.9 Å². The number of ether oxygens (including phenoxy) is 1. The van der Waals surface area contributed by atoms with Gasteiger partial charge in [-0.25, -0.2) is 18.4 Å². The normalized spacial score (nSPS) is 14.0. The molecule has 24 heavy (non-hydrogen) atoms. The molecule has 0 unspecified atom stereocenters. The summed E-state index contributed by atoms with van der Waals surface area (Å²) in [5, 5.41) is -0.0708. The van der Waals surface area contributed by atoms with E-state index in [9.17, 15) is 13.2 Å². The number of halogens is 1. The van der Waals surface area contributed by atoms with Crippen molar-refractivity contribution in [1.82, 2.24) is 14.9 Å². The molecule has 126 valence electrons. The first-order chi connectivity index (χ1) is 11.2. The maximum absolute atomic E-state index is 12.3. The lowest BCUT2D eigenvalue weighted by Crippen LogP contribution is -2.18. The molecule has 0 fully saturated rings. The molecular formula is C15H14ClN3O4S. The fraction of sp³-hybridized carbons (Fsp3) is 0.267. The van der Waals surface area contributed by atoms with Gasteiger partial charge in [-0.3, -0.25) is 4.79 Å². The quantitative estimate of drug-likeness (QED) is 0.768. The van der Waals surface area contributed by atoms with E-state index in [0.717, 1.165) is 6.26 Å². The highest BCUT2D eigenvalue weighted by Gasteiger charge is 2.33. The van der Waals surface area contributed by atoms with Gasteiger partial charge in [0.25, 0.3) is 5.91 Å². The molecular weight excluding hydrogens is 354 g/mol. The number of aromatic nitrogens is 2. The van der Waals surface area contributed by atoms with Gasteiger partial charge in [-0.1, -0.05) is 17.7 Å². The van der Waals surface area contributed by atoms with E-state index in [1.165, 1.54) is 12.0 Å². The zero-order chi connectivity index (χ0) is 17.6. The van der Waals surface area contributed by atoms with E-state index in [4.69, 9.17) is 16.3 Å². The molecule has 0 spiro atoms. The van der Waals surface area contributed by atoms with Crippen molar-refractivity contribution in [3.63, 3.8) is 0 Å². The predicted octanol–water partition coefficient (Wildman–Crippen LogP) is 1.79. The highest BCUT2D eigenvalue weighted by Crippen LogP contribution is 2.39. The summed E-state index contributed by atoms with van der Waals surface area (Å²) in [5.41, 5.74) is 1.33. The third kappa shape index (κ3) is 2.61. The van der Waals surface area contributed by atoms with E-state index < -0.39 is 15.0 Å². The molecule has 0 bridgehead atoms. The monoisotopic (exact) mass is 367 g/mol. The minimum atomic E-state index is -3.71. The topological polar surface area (TPSA) is 89.5 Å². The average molecular weight is 368 g/mol. The van der Waals surface area contributed by atoms with Gasteiger partial charge in [-0.2, -0.15) is 0 Å². The fourth-order valence-corrected chi connectivity index (χ4v) is 3.33. The Morgan fingerprint density at radius 1 is 1.25 bits per heavy atom. The molecule has 2 heterocycles. The van der Waals surface area contributed by atoms with E-state index in [2.05, 4.69) is 9.97 Å². The van der Waals surface area contributed by atoms with E-state index in [1.54, 1.807) is 25.2 Å². The van der Waals surface area contributed by atoms with Crippen LogP contribution >= 0.6 is 11.6 Å². The predicted molar refractivity (Wildman–Crippen MR) is 87.9 cm³/mol. The van der Waals surface area contributed by atoms with Gasteiger partial charge in [0.05, 0.1) is 29.9 Å². The highest BCUT2D eigenvalue weighted by molar-refractivity contribution is 7.90. The summed E-state index contributed by atoms with van der Waals surface area (Å²) in [5.74, 6) is 0.0782. The summed E-state index contributed by atoms with van der Waals surface area (Å²) in [4.78, 5) is 21.9. The number of nitrogens with zero attached hydrogens (tertiary/aromatic N) is 3. The van der Waals surface area contributed by atoms with E-state index in [0.29, 0.717) is 27.6 Å². The number of sulfone groups is 1. The zero-order valence-electron chi connectivity index (χ0n) is 13.2. The Balaban J connectivity index is 2.40. The van der Waals surface area contributed by atoms with Gasteiger partial charge in [-0.15, -0.1) is 0 Å². The van der Waals surface area contributed by atoms with Crippen molar-refractivity contribution in [2.24, 2.45) is 0 Å². The van der Waals surface area contributed by atoms with Crippen LogP contribution in [0.5, 0.6) is 5.75 Å². The summed E-state index contributed by atoms with van der Waals surface area (Å²) in [6.07, 6.45) is 0.992. The molecule has 0 atom stereocenters. The van der Waals surface area contributed by atoms with Crippen LogP contribution in [-0.2, 0) is 16.4 Å². The molecule has 3 rings (SSSR count). The Morgan fingerprint density at radius 3 is 2.54 bits per heavy atom. The van der Waals surface area contributed by atoms with Gasteiger partial charge in [0, 0.05) is 18.9 Å². The zero-order valence-corrected chi connectivity index (χ0v) is 14.8. The molecule has 0 N–H and O–H groups in total. The van der Waals surface area contributed by atoms with Gasteiger partial charge in [0.1, 0.15) is 11.4 Å². The van der Waals surface area contributed by atoms with Gasteiger partial charge in [-0.05, 0) is 12.1 Å². The number of hydrogen-bond acceptors (Lipinski definition) is 6. The van der Waals surface area contributed by atoms with Gasteiger partial charge in [0.15, 0.2) is 0 Å². The number of rotatable bonds is 3. The van der Waals surface area contributed by atoms with Gasteiger partial charge < -0.3 is 9.64 Å². The third-order valence-electron chi connectivity index (χ3n) is 3.69. The summed E-state index contributed by atoms with van der Waals surface area (Å²) >= 11 is 6.30. The number of carbonyl (C=O) groups is 1. The summed E-state index contributed by atoms with van der Waals surface area (Å²) in [6.45, 7) is 0.266. The van der Waals surface area contributed by atoms with E-state index in [-0.39, 0.29) is 18.1 Å². The van der Waals surface area contributed by atoms with Gasteiger partial charge >= 0.3 is 0 Å². The fourth-order valence-electron chi connectivity index (χ4n) is 2.56. The first-order valence-electron chi connectivity index (χ1n) is 6.93. The Hall–Kier alpha value is -2.19. The Labute approximate surface area is 144 Å². The van der Waals surface area contributed by atoms with Crippen molar-refractivity contribution in [2.75, 3.05) is 20.4 Å². The maximum Gasteiger partial charge on any atom is 0.273 e. The first-order valence-corrected chi connectivity index (χ1v) is 9.20.